The molecule has 0 unspecified atom stereocenters. The first kappa shape index (κ1) is 9.23. The molecular formula is CHCrO4+. The Morgan fingerprint density at radius 1 is 1.83 bits per heavy atom. The topological polar surface area (TPSA) is 69.6 Å². The third-order valence-electron chi connectivity index (χ3n) is 0.0713. The summed E-state index contributed by atoms with van der Waals surface area (Å²) < 4.78 is 0. The Morgan fingerprint density at radius 2 is 2.00 bits per heavy atom. The standard InChI is InChI=1S/CH2O4.Cr/c2-1(3)5-4;/h4H,(H,2,3);/q;+2/p-1. The molecule has 0 heterocycles. The fourth-order valence-corrected chi connectivity index (χ4v) is 0. The predicted octanol–water partition coefficient (Wildman–Crippen LogP) is -1.05. The molecule has 0 radical (unpaired) electrons. The molecule has 0 aliphatic heterocycles. The van der Waals surface area contributed by atoms with Crippen LogP contribution in [0.2, 0.25) is 0 Å². The Labute approximate surface area is 44.4 Å². The summed E-state index contributed by atoms with van der Waals surface area (Å²) in [7, 11) is 0. The van der Waals surface area contributed by atoms with Crippen molar-refractivity contribution in [3.63, 3.8) is 0 Å². The van der Waals surface area contributed by atoms with Crippen LogP contribution in [0.3, 0.4) is 0 Å². The number of hydrogen-bond donors (Lipinski definition) is 1. The largest absolute Gasteiger partial charge is 2.00 e. The van der Waals surface area contributed by atoms with E-state index in [1.807, 2.05) is 0 Å². The predicted molar refractivity (Wildman–Crippen MR) is 9.11 cm³/mol. The van der Waals surface area contributed by atoms with Crippen LogP contribution in [0.1, 0.15) is 0 Å². The maximum atomic E-state index is 8.83. The second-order valence-electron chi connectivity index (χ2n) is 0.349. The fourth-order valence-electron chi connectivity index (χ4n) is 0. The normalized spacial score (nSPS) is 5.50. The van der Waals surface area contributed by atoms with Crippen LogP contribution in [0.4, 0.5) is 4.79 Å². The Bertz CT molecular complexity index is 42.8. The number of carboxylic acid groups (broad SMARTS) is 1. The van der Waals surface area contributed by atoms with Gasteiger partial charge in [0.05, 0.1) is 0 Å². The summed E-state index contributed by atoms with van der Waals surface area (Å²) in [6.07, 6.45) is -1.80. The summed E-state index contributed by atoms with van der Waals surface area (Å²) in [6, 6.07) is 0. The van der Waals surface area contributed by atoms with Gasteiger partial charge in [-0.2, -0.15) is 0 Å². The molecule has 0 saturated carbocycles. The van der Waals surface area contributed by atoms with Crippen molar-refractivity contribution in [1.82, 2.24) is 0 Å². The molecule has 0 spiro atoms. The zero-order valence-electron chi connectivity index (χ0n) is 2.58. The van der Waals surface area contributed by atoms with E-state index < -0.39 is 6.16 Å². The van der Waals surface area contributed by atoms with Crippen molar-refractivity contribution in [3.05, 3.63) is 0 Å². The summed E-state index contributed by atoms with van der Waals surface area (Å²) in [6.45, 7) is 0. The van der Waals surface area contributed by atoms with Gasteiger partial charge >= 0.3 is 23.5 Å². The van der Waals surface area contributed by atoms with Gasteiger partial charge in [0.2, 0.25) is 0 Å². The van der Waals surface area contributed by atoms with Crippen molar-refractivity contribution in [2.24, 2.45) is 0 Å². The van der Waals surface area contributed by atoms with Crippen LogP contribution in [0.5, 0.6) is 0 Å². The third-order valence-corrected chi connectivity index (χ3v) is 0.0713. The summed E-state index contributed by atoms with van der Waals surface area (Å²) in [5.41, 5.74) is 0. The van der Waals surface area contributed by atoms with E-state index in [0.29, 0.717) is 0 Å². The van der Waals surface area contributed by atoms with Crippen LogP contribution in [-0.2, 0) is 22.2 Å². The molecule has 0 rings (SSSR count). The first-order valence-corrected chi connectivity index (χ1v) is 0.799. The van der Waals surface area contributed by atoms with E-state index in [9.17, 15) is 0 Å². The number of carbonyl (C=O) groups is 1. The van der Waals surface area contributed by atoms with Crippen molar-refractivity contribution in [1.29, 1.82) is 0 Å². The van der Waals surface area contributed by atoms with Crippen molar-refractivity contribution >= 4 is 6.16 Å². The molecule has 0 aromatic rings. The molecule has 0 aliphatic rings. The Morgan fingerprint density at radius 3 is 2.00 bits per heavy atom. The molecule has 5 heteroatoms. The van der Waals surface area contributed by atoms with E-state index in [-0.39, 0.29) is 17.4 Å². The molecule has 4 nitrogen and oxygen atoms in total. The van der Waals surface area contributed by atoms with E-state index in [0.717, 1.165) is 0 Å². The van der Waals surface area contributed by atoms with Gasteiger partial charge in [0, 0.05) is 0 Å². The minimum atomic E-state index is -1.80. The summed E-state index contributed by atoms with van der Waals surface area (Å²) >= 11 is 0. The molecule has 0 amide bonds. The van der Waals surface area contributed by atoms with Crippen molar-refractivity contribution in [2.75, 3.05) is 0 Å². The maximum Gasteiger partial charge on any atom is 2.00 e. The monoisotopic (exact) mass is 129 g/mol. The molecule has 0 atom stereocenters. The Kier molecular flexibility index (Phi) is 7.33. The zero-order chi connectivity index (χ0) is 4.28. The van der Waals surface area contributed by atoms with Crippen LogP contribution in [0, 0.1) is 0 Å². The summed E-state index contributed by atoms with van der Waals surface area (Å²) in [5.74, 6) is 0. The second kappa shape index (κ2) is 4.76. The van der Waals surface area contributed by atoms with Gasteiger partial charge in [0.1, 0.15) is 0 Å². The quantitative estimate of drug-likeness (QED) is 0.334. The summed E-state index contributed by atoms with van der Waals surface area (Å²) in [5, 5.41) is 15.7. The van der Waals surface area contributed by atoms with Gasteiger partial charge in [-0.05, 0) is 0 Å². The molecule has 6 heavy (non-hydrogen) atoms. The van der Waals surface area contributed by atoms with Gasteiger partial charge in [-0.3, -0.25) is 0 Å². The fraction of sp³-hybridized carbons (Fsp3) is 0. The van der Waals surface area contributed by atoms with Gasteiger partial charge in [0.25, 0.3) is 0 Å². The van der Waals surface area contributed by atoms with Crippen molar-refractivity contribution < 1.29 is 37.4 Å². The minimum Gasteiger partial charge on any atom is -0.659 e. The van der Waals surface area contributed by atoms with Crippen LogP contribution >= 0.6 is 0 Å². The molecule has 0 aromatic heterocycles. The van der Waals surface area contributed by atoms with Gasteiger partial charge in [-0.15, -0.1) is 0 Å². The molecule has 1 N–H and O–H groups in total. The smallest absolute Gasteiger partial charge is 0.659 e. The van der Waals surface area contributed by atoms with Crippen LogP contribution in [0.15, 0.2) is 0 Å². The average Bonchev–Trinajstić information content (AvgIpc) is 1.38. The van der Waals surface area contributed by atoms with Gasteiger partial charge in [-0.1, -0.05) is 0 Å². The van der Waals surface area contributed by atoms with Gasteiger partial charge in [0.15, 0.2) is 0 Å². The van der Waals surface area contributed by atoms with Crippen molar-refractivity contribution in [3.8, 4) is 0 Å². The molecule has 0 aliphatic carbocycles. The number of hydrogen-bond acceptors (Lipinski definition) is 3. The molecule has 0 aromatic carbocycles. The third kappa shape index (κ3) is 9.24. The van der Waals surface area contributed by atoms with E-state index in [4.69, 9.17) is 15.2 Å². The van der Waals surface area contributed by atoms with Crippen LogP contribution < -0.4 is 5.26 Å². The molecule has 34 valence electrons. The van der Waals surface area contributed by atoms with Crippen molar-refractivity contribution in [2.45, 2.75) is 0 Å². The summed E-state index contributed by atoms with van der Waals surface area (Å²) in [4.78, 5) is 11.2. The van der Waals surface area contributed by atoms with E-state index in [1.54, 1.807) is 0 Å². The molecular weight excluding hydrogens is 128 g/mol. The van der Waals surface area contributed by atoms with Gasteiger partial charge in [-0.25, -0.2) is 4.79 Å². The molecule has 0 saturated heterocycles. The zero-order valence-corrected chi connectivity index (χ0v) is 3.86. The Hall–Kier alpha value is -0.238. The van der Waals surface area contributed by atoms with Gasteiger partial charge < -0.3 is 15.3 Å². The van der Waals surface area contributed by atoms with E-state index in [1.165, 1.54) is 0 Å². The van der Waals surface area contributed by atoms with E-state index >= 15 is 0 Å². The minimum absolute atomic E-state index is 0. The molecule has 0 fully saturated rings. The maximum absolute atomic E-state index is 8.83. The van der Waals surface area contributed by atoms with E-state index in [2.05, 4.69) is 4.89 Å². The van der Waals surface area contributed by atoms with Crippen LogP contribution in [-0.4, -0.2) is 11.3 Å². The number of rotatable bonds is 0. The Balaban J connectivity index is 0. The first-order valence-electron chi connectivity index (χ1n) is 0.799. The second-order valence-corrected chi connectivity index (χ2v) is 0.349. The van der Waals surface area contributed by atoms with Crippen LogP contribution in [0.25, 0.3) is 0 Å². The molecule has 0 bridgehead atoms. The average molecular weight is 129 g/mol. The SMILES string of the molecule is O=C(O)O[O-].[Cr+2]. The first-order chi connectivity index (χ1) is 2.27.